The second-order valence-electron chi connectivity index (χ2n) is 3.69. The van der Waals surface area contributed by atoms with Gasteiger partial charge in [-0.2, -0.15) is 12.6 Å². The average Bonchev–Trinajstić information content (AvgIpc) is 2.42. The molecule has 0 fully saturated rings. The zero-order chi connectivity index (χ0) is 14.3. The summed E-state index contributed by atoms with van der Waals surface area (Å²) in [5.41, 5.74) is 0.417. The Bertz CT molecular complexity index is 464. The van der Waals surface area contributed by atoms with Gasteiger partial charge in [0.2, 0.25) is 5.91 Å². The van der Waals surface area contributed by atoms with Crippen LogP contribution in [0.15, 0.2) is 30.3 Å². The molecule has 0 spiro atoms. The normalized spacial score (nSPS) is 11.4. The Hall–Kier alpha value is -2.02. The van der Waals surface area contributed by atoms with Crippen LogP contribution in [0, 0.1) is 0 Å². The van der Waals surface area contributed by atoms with E-state index >= 15 is 0 Å². The van der Waals surface area contributed by atoms with Crippen LogP contribution >= 0.6 is 12.6 Å². The monoisotopic (exact) mass is 282 g/mol. The van der Waals surface area contributed by atoms with E-state index in [2.05, 4.69) is 23.3 Å². The average molecular weight is 282 g/mol. The van der Waals surface area contributed by atoms with E-state index in [4.69, 9.17) is 5.11 Å². The first-order valence-electron chi connectivity index (χ1n) is 5.51. The Morgan fingerprint density at radius 1 is 1.21 bits per heavy atom. The molecule has 1 atom stereocenters. The Labute approximate surface area is 115 Å². The van der Waals surface area contributed by atoms with Gasteiger partial charge in [0.1, 0.15) is 12.6 Å². The number of hydrogen-bond donors (Lipinski definition) is 4. The van der Waals surface area contributed by atoms with Crippen molar-refractivity contribution in [2.45, 2.75) is 6.04 Å². The van der Waals surface area contributed by atoms with Crippen molar-refractivity contribution < 1.29 is 19.5 Å². The van der Waals surface area contributed by atoms with Gasteiger partial charge in [0.15, 0.2) is 0 Å². The van der Waals surface area contributed by atoms with E-state index in [1.165, 1.54) is 0 Å². The van der Waals surface area contributed by atoms with Crippen molar-refractivity contribution in [2.24, 2.45) is 0 Å². The molecule has 0 aliphatic heterocycles. The summed E-state index contributed by atoms with van der Waals surface area (Å²) in [5, 5.41) is 13.1. The summed E-state index contributed by atoms with van der Waals surface area (Å²) >= 11 is 3.96. The lowest BCUT2D eigenvalue weighted by atomic mass is 10.2. The summed E-state index contributed by atoms with van der Waals surface area (Å²) < 4.78 is 0. The Morgan fingerprint density at radius 2 is 1.84 bits per heavy atom. The zero-order valence-electron chi connectivity index (χ0n) is 10.00. The summed E-state index contributed by atoms with van der Waals surface area (Å²) in [5.74, 6) is -2.07. The minimum absolute atomic E-state index is 0.0734. The van der Waals surface area contributed by atoms with Gasteiger partial charge < -0.3 is 15.7 Å². The van der Waals surface area contributed by atoms with Gasteiger partial charge in [0.05, 0.1) is 0 Å². The molecule has 0 saturated carbocycles. The maximum atomic E-state index is 11.8. The van der Waals surface area contributed by atoms with Crippen LogP contribution < -0.4 is 10.6 Å². The second kappa shape index (κ2) is 7.42. The number of amides is 2. The molecular weight excluding hydrogens is 268 g/mol. The molecule has 0 aliphatic carbocycles. The molecule has 3 N–H and O–H groups in total. The minimum Gasteiger partial charge on any atom is -0.480 e. The maximum Gasteiger partial charge on any atom is 0.322 e. The predicted molar refractivity (Wildman–Crippen MR) is 72.2 cm³/mol. The number of aliphatic carboxylic acids is 1. The highest BCUT2D eigenvalue weighted by Crippen LogP contribution is 1.99. The van der Waals surface area contributed by atoms with Gasteiger partial charge in [-0.1, -0.05) is 18.2 Å². The summed E-state index contributed by atoms with van der Waals surface area (Å²) in [7, 11) is 0. The zero-order valence-corrected chi connectivity index (χ0v) is 10.9. The van der Waals surface area contributed by atoms with Crippen molar-refractivity contribution in [2.75, 3.05) is 12.3 Å². The van der Waals surface area contributed by atoms with Crippen LogP contribution in [0.25, 0.3) is 0 Å². The number of carboxylic acid groups (broad SMARTS) is 1. The minimum atomic E-state index is -1.15. The number of carbonyl (C=O) groups excluding carboxylic acids is 2. The molecule has 1 rings (SSSR count). The molecule has 1 aromatic rings. The highest BCUT2D eigenvalue weighted by atomic mass is 32.1. The maximum absolute atomic E-state index is 11.8. The number of thiol groups is 1. The molecule has 19 heavy (non-hydrogen) atoms. The molecule has 0 aliphatic rings. The fourth-order valence-corrected chi connectivity index (χ4v) is 1.57. The molecule has 2 amide bonds. The van der Waals surface area contributed by atoms with E-state index in [0.717, 1.165) is 0 Å². The standard InChI is InChI=1S/C12H14N2O4S/c15-10(16)6-13-12(18)9(7-19)14-11(17)8-4-2-1-3-5-8/h1-5,9,19H,6-7H2,(H,13,18)(H,14,17)(H,15,16)/t9-/m0/s1. The third kappa shape index (κ3) is 5.01. The number of carbonyl (C=O) groups is 3. The van der Waals surface area contributed by atoms with Crippen molar-refractivity contribution >= 4 is 30.4 Å². The summed E-state index contributed by atoms with van der Waals surface area (Å²) in [6.07, 6.45) is 0. The van der Waals surface area contributed by atoms with Crippen molar-refractivity contribution in [1.29, 1.82) is 0 Å². The Kier molecular flexibility index (Phi) is 5.87. The van der Waals surface area contributed by atoms with Crippen molar-refractivity contribution in [1.82, 2.24) is 10.6 Å². The van der Waals surface area contributed by atoms with Gasteiger partial charge in [0.25, 0.3) is 5.91 Å². The molecule has 1 aromatic carbocycles. The molecule has 7 heteroatoms. The highest BCUT2D eigenvalue weighted by Gasteiger charge is 2.20. The molecule has 0 saturated heterocycles. The number of rotatable bonds is 6. The number of nitrogens with one attached hydrogen (secondary N) is 2. The van der Waals surface area contributed by atoms with Crippen LogP contribution in [0.4, 0.5) is 0 Å². The van der Waals surface area contributed by atoms with Gasteiger partial charge in [-0.15, -0.1) is 0 Å². The van der Waals surface area contributed by atoms with Gasteiger partial charge in [0, 0.05) is 11.3 Å². The first-order chi connectivity index (χ1) is 9.04. The van der Waals surface area contributed by atoms with Crippen LogP contribution in [0.2, 0.25) is 0 Å². The van der Waals surface area contributed by atoms with Crippen molar-refractivity contribution in [3.8, 4) is 0 Å². The van der Waals surface area contributed by atoms with Crippen LogP contribution in [0.5, 0.6) is 0 Å². The lowest BCUT2D eigenvalue weighted by molar-refractivity contribution is -0.138. The van der Waals surface area contributed by atoms with E-state index in [9.17, 15) is 14.4 Å². The smallest absolute Gasteiger partial charge is 0.322 e. The second-order valence-corrected chi connectivity index (χ2v) is 4.05. The first-order valence-corrected chi connectivity index (χ1v) is 6.14. The molecule has 0 aromatic heterocycles. The lowest BCUT2D eigenvalue weighted by Gasteiger charge is -2.15. The van der Waals surface area contributed by atoms with E-state index in [1.54, 1.807) is 30.3 Å². The highest BCUT2D eigenvalue weighted by molar-refractivity contribution is 7.80. The van der Waals surface area contributed by atoms with Crippen LogP contribution in [0.3, 0.4) is 0 Å². The van der Waals surface area contributed by atoms with Crippen LogP contribution in [-0.2, 0) is 9.59 Å². The molecular formula is C12H14N2O4S. The number of hydrogen-bond acceptors (Lipinski definition) is 4. The number of benzene rings is 1. The summed E-state index contributed by atoms with van der Waals surface area (Å²) in [6, 6.07) is 7.52. The fourth-order valence-electron chi connectivity index (χ4n) is 1.31. The fraction of sp³-hybridized carbons (Fsp3) is 0.250. The molecule has 0 unspecified atom stereocenters. The molecule has 0 heterocycles. The molecule has 0 radical (unpaired) electrons. The van der Waals surface area contributed by atoms with Crippen molar-refractivity contribution in [3.63, 3.8) is 0 Å². The quantitative estimate of drug-likeness (QED) is 0.549. The topological polar surface area (TPSA) is 95.5 Å². The molecule has 0 bridgehead atoms. The summed E-state index contributed by atoms with van der Waals surface area (Å²) in [4.78, 5) is 33.8. The van der Waals surface area contributed by atoms with E-state index in [-0.39, 0.29) is 5.75 Å². The van der Waals surface area contributed by atoms with E-state index in [0.29, 0.717) is 5.56 Å². The molecule has 102 valence electrons. The first kappa shape index (κ1) is 15.0. The van der Waals surface area contributed by atoms with E-state index in [1.807, 2.05) is 0 Å². The lowest BCUT2D eigenvalue weighted by Crippen LogP contribution is -2.49. The van der Waals surface area contributed by atoms with Gasteiger partial charge in [-0.3, -0.25) is 14.4 Å². The third-order valence-electron chi connectivity index (χ3n) is 2.25. The van der Waals surface area contributed by atoms with Gasteiger partial charge >= 0.3 is 5.97 Å². The third-order valence-corrected chi connectivity index (χ3v) is 2.62. The SMILES string of the molecule is O=C(O)CNC(=O)[C@H](CS)NC(=O)c1ccccc1. The van der Waals surface area contributed by atoms with Crippen molar-refractivity contribution in [3.05, 3.63) is 35.9 Å². The van der Waals surface area contributed by atoms with Crippen LogP contribution in [-0.4, -0.2) is 41.2 Å². The van der Waals surface area contributed by atoms with Gasteiger partial charge in [-0.25, -0.2) is 0 Å². The Morgan fingerprint density at radius 3 is 2.37 bits per heavy atom. The Balaban J connectivity index is 2.59. The number of carboxylic acids is 1. The van der Waals surface area contributed by atoms with E-state index < -0.39 is 30.4 Å². The largest absolute Gasteiger partial charge is 0.480 e. The van der Waals surface area contributed by atoms with Gasteiger partial charge in [-0.05, 0) is 12.1 Å². The summed E-state index contributed by atoms with van der Waals surface area (Å²) in [6.45, 7) is -0.496. The predicted octanol–water partition coefficient (Wildman–Crippen LogP) is -0.0844. The molecule has 6 nitrogen and oxygen atoms in total. The van der Waals surface area contributed by atoms with Crippen LogP contribution in [0.1, 0.15) is 10.4 Å².